The van der Waals surface area contributed by atoms with Gasteiger partial charge in [-0.25, -0.2) is 0 Å². The number of aliphatic hydroxyl groups is 1. The van der Waals surface area contributed by atoms with Crippen LogP contribution in [0, 0.1) is 12.8 Å². The summed E-state index contributed by atoms with van der Waals surface area (Å²) in [7, 11) is 0. The predicted molar refractivity (Wildman–Crippen MR) is 80.8 cm³/mol. The molecule has 4 nitrogen and oxygen atoms in total. The van der Waals surface area contributed by atoms with Gasteiger partial charge in [0.15, 0.2) is 0 Å². The van der Waals surface area contributed by atoms with Crippen LogP contribution in [-0.2, 0) is 0 Å². The molecule has 0 saturated heterocycles. The maximum absolute atomic E-state index is 12.5. The van der Waals surface area contributed by atoms with E-state index in [1.165, 1.54) is 0 Å². The summed E-state index contributed by atoms with van der Waals surface area (Å²) < 4.78 is 0. The summed E-state index contributed by atoms with van der Waals surface area (Å²) in [5.74, 6) is 0.212. The summed E-state index contributed by atoms with van der Waals surface area (Å²) in [6.07, 6.45) is 0.574. The number of para-hydroxylation sites is 1. The van der Waals surface area contributed by atoms with Crippen LogP contribution < -0.4 is 5.32 Å². The first-order chi connectivity index (χ1) is 9.54. The Hall–Kier alpha value is -1.81. The Morgan fingerprint density at radius 3 is 2.70 bits per heavy atom. The molecule has 0 fully saturated rings. The van der Waals surface area contributed by atoms with E-state index in [-0.39, 0.29) is 24.5 Å². The van der Waals surface area contributed by atoms with Gasteiger partial charge in [-0.05, 0) is 25.3 Å². The van der Waals surface area contributed by atoms with Crippen molar-refractivity contribution in [1.29, 1.82) is 0 Å². The fraction of sp³-hybridized carbons (Fsp3) is 0.438. The van der Waals surface area contributed by atoms with Crippen molar-refractivity contribution < 1.29 is 9.90 Å². The van der Waals surface area contributed by atoms with Gasteiger partial charge in [-0.3, -0.25) is 4.79 Å². The molecule has 1 heterocycles. The van der Waals surface area contributed by atoms with Gasteiger partial charge in [-0.15, -0.1) is 0 Å². The van der Waals surface area contributed by atoms with Crippen LogP contribution in [0.3, 0.4) is 0 Å². The van der Waals surface area contributed by atoms with E-state index in [4.69, 9.17) is 5.11 Å². The lowest BCUT2D eigenvalue weighted by molar-refractivity contribution is 0.0917. The van der Waals surface area contributed by atoms with Gasteiger partial charge in [0.2, 0.25) is 0 Å². The van der Waals surface area contributed by atoms with Gasteiger partial charge in [0.05, 0.1) is 5.56 Å². The van der Waals surface area contributed by atoms with Crippen molar-refractivity contribution in [3.63, 3.8) is 0 Å². The zero-order valence-electron chi connectivity index (χ0n) is 12.2. The first-order valence-electron chi connectivity index (χ1n) is 7.03. The lowest BCUT2D eigenvalue weighted by Gasteiger charge is -2.21. The van der Waals surface area contributed by atoms with Crippen LogP contribution in [0.15, 0.2) is 24.3 Å². The molecule has 1 aromatic carbocycles. The van der Waals surface area contributed by atoms with Crippen LogP contribution in [0.1, 0.15) is 36.3 Å². The average Bonchev–Trinajstić information content (AvgIpc) is 2.73. The van der Waals surface area contributed by atoms with E-state index in [2.05, 4.69) is 10.3 Å². The highest BCUT2D eigenvalue weighted by atomic mass is 16.3. The van der Waals surface area contributed by atoms with Gasteiger partial charge in [-0.2, -0.15) is 0 Å². The third-order valence-electron chi connectivity index (χ3n) is 3.68. The monoisotopic (exact) mass is 274 g/mol. The van der Waals surface area contributed by atoms with Crippen LogP contribution in [0.4, 0.5) is 0 Å². The Morgan fingerprint density at radius 2 is 2.05 bits per heavy atom. The minimum Gasteiger partial charge on any atom is -0.396 e. The summed E-state index contributed by atoms with van der Waals surface area (Å²) >= 11 is 0. The third-order valence-corrected chi connectivity index (χ3v) is 3.68. The van der Waals surface area contributed by atoms with Crippen LogP contribution in [0.25, 0.3) is 10.9 Å². The van der Waals surface area contributed by atoms with E-state index in [9.17, 15) is 4.79 Å². The van der Waals surface area contributed by atoms with Crippen molar-refractivity contribution in [3.8, 4) is 0 Å². The van der Waals surface area contributed by atoms with Gasteiger partial charge in [0, 0.05) is 29.2 Å². The van der Waals surface area contributed by atoms with Gasteiger partial charge < -0.3 is 15.4 Å². The number of hydrogen-bond donors (Lipinski definition) is 3. The number of aryl methyl sites for hydroxylation is 1. The van der Waals surface area contributed by atoms with Gasteiger partial charge in [-0.1, -0.05) is 32.0 Å². The van der Waals surface area contributed by atoms with Crippen LogP contribution in [0.5, 0.6) is 0 Å². The normalized spacial score (nSPS) is 12.8. The minimum absolute atomic E-state index is 0.0134. The quantitative estimate of drug-likeness (QED) is 0.784. The molecule has 3 N–H and O–H groups in total. The number of aliphatic hydroxyl groups excluding tert-OH is 1. The molecule has 1 aromatic heterocycles. The van der Waals surface area contributed by atoms with E-state index in [1.54, 1.807) is 0 Å². The number of fused-ring (bicyclic) bond motifs is 1. The fourth-order valence-electron chi connectivity index (χ4n) is 2.52. The number of H-pyrrole nitrogens is 1. The molecule has 1 atom stereocenters. The SMILES string of the molecule is Cc1[nH]c2ccccc2c1C(=O)NC(CCO)C(C)C. The van der Waals surface area contributed by atoms with E-state index in [1.807, 2.05) is 45.0 Å². The Morgan fingerprint density at radius 1 is 1.35 bits per heavy atom. The van der Waals surface area contributed by atoms with Crippen LogP contribution in [0.2, 0.25) is 0 Å². The molecule has 0 saturated carbocycles. The molecule has 108 valence electrons. The second kappa shape index (κ2) is 6.09. The second-order valence-electron chi connectivity index (χ2n) is 5.51. The summed E-state index contributed by atoms with van der Waals surface area (Å²) in [6.45, 7) is 6.08. The van der Waals surface area contributed by atoms with E-state index >= 15 is 0 Å². The number of carbonyl (C=O) groups excluding carboxylic acids is 1. The maximum Gasteiger partial charge on any atom is 0.253 e. The van der Waals surface area contributed by atoms with Gasteiger partial charge in [0.1, 0.15) is 0 Å². The van der Waals surface area contributed by atoms with Crippen molar-refractivity contribution in [3.05, 3.63) is 35.5 Å². The molecule has 1 unspecified atom stereocenters. The first kappa shape index (κ1) is 14.6. The molecule has 0 radical (unpaired) electrons. The topological polar surface area (TPSA) is 65.1 Å². The molecular weight excluding hydrogens is 252 g/mol. The zero-order valence-corrected chi connectivity index (χ0v) is 12.2. The Kier molecular flexibility index (Phi) is 4.45. The molecule has 2 aromatic rings. The lowest BCUT2D eigenvalue weighted by Crippen LogP contribution is -2.39. The molecule has 20 heavy (non-hydrogen) atoms. The predicted octanol–water partition coefficient (Wildman–Crippen LogP) is 2.61. The molecule has 0 aliphatic rings. The number of aromatic nitrogens is 1. The summed E-state index contributed by atoms with van der Waals surface area (Å²) in [4.78, 5) is 15.7. The third kappa shape index (κ3) is 2.85. The average molecular weight is 274 g/mol. The number of carbonyl (C=O) groups is 1. The van der Waals surface area contributed by atoms with Gasteiger partial charge in [0.25, 0.3) is 5.91 Å². The number of hydrogen-bond acceptors (Lipinski definition) is 2. The summed E-state index contributed by atoms with van der Waals surface area (Å²) in [5.41, 5.74) is 2.54. The molecular formula is C16H22N2O2. The smallest absolute Gasteiger partial charge is 0.253 e. The molecule has 4 heteroatoms. The number of nitrogens with one attached hydrogen (secondary N) is 2. The Labute approximate surface area is 119 Å². The molecule has 1 amide bonds. The first-order valence-corrected chi connectivity index (χ1v) is 7.03. The summed E-state index contributed by atoms with van der Waals surface area (Å²) in [6, 6.07) is 7.78. The standard InChI is InChI=1S/C16H22N2O2/c1-10(2)13(8-9-19)18-16(20)15-11(3)17-14-7-5-4-6-12(14)15/h4-7,10,13,17,19H,8-9H2,1-3H3,(H,18,20). The number of amides is 1. The van der Waals surface area contributed by atoms with Crippen molar-refractivity contribution >= 4 is 16.8 Å². The highest BCUT2D eigenvalue weighted by molar-refractivity contribution is 6.08. The Bertz CT molecular complexity index is 602. The van der Waals surface area contributed by atoms with Crippen molar-refractivity contribution in [2.45, 2.75) is 33.2 Å². The van der Waals surface area contributed by atoms with Crippen molar-refractivity contribution in [2.24, 2.45) is 5.92 Å². The van der Waals surface area contributed by atoms with Crippen LogP contribution >= 0.6 is 0 Å². The highest BCUT2D eigenvalue weighted by Gasteiger charge is 2.20. The highest BCUT2D eigenvalue weighted by Crippen LogP contribution is 2.22. The molecule has 0 aliphatic heterocycles. The zero-order chi connectivity index (χ0) is 14.7. The van der Waals surface area contributed by atoms with Gasteiger partial charge >= 0.3 is 0 Å². The molecule has 0 spiro atoms. The largest absolute Gasteiger partial charge is 0.396 e. The molecule has 0 aliphatic carbocycles. The summed E-state index contributed by atoms with van der Waals surface area (Å²) in [5, 5.41) is 13.1. The van der Waals surface area contributed by atoms with E-state index in [0.717, 1.165) is 16.6 Å². The van der Waals surface area contributed by atoms with Crippen LogP contribution in [-0.4, -0.2) is 28.6 Å². The van der Waals surface area contributed by atoms with Crippen molar-refractivity contribution in [2.75, 3.05) is 6.61 Å². The fourth-order valence-corrected chi connectivity index (χ4v) is 2.52. The maximum atomic E-state index is 12.5. The Balaban J connectivity index is 2.29. The number of rotatable bonds is 5. The van der Waals surface area contributed by atoms with E-state index < -0.39 is 0 Å². The lowest BCUT2D eigenvalue weighted by atomic mass is 10.0. The number of benzene rings is 1. The minimum atomic E-state index is -0.0768. The second-order valence-corrected chi connectivity index (χ2v) is 5.51. The van der Waals surface area contributed by atoms with Crippen molar-refractivity contribution in [1.82, 2.24) is 10.3 Å². The van der Waals surface area contributed by atoms with E-state index in [0.29, 0.717) is 12.0 Å². The molecule has 2 rings (SSSR count). The molecule has 0 bridgehead atoms. The number of aromatic amines is 1.